The van der Waals surface area contributed by atoms with E-state index in [0.29, 0.717) is 5.92 Å². The molecule has 0 aliphatic carbocycles. The van der Waals surface area contributed by atoms with Gasteiger partial charge in [0.25, 0.3) is 0 Å². The lowest BCUT2D eigenvalue weighted by molar-refractivity contribution is 0.0605. The molecule has 0 amide bonds. The molecule has 1 aromatic rings. The van der Waals surface area contributed by atoms with Crippen LogP contribution in [-0.4, -0.2) is 19.8 Å². The summed E-state index contributed by atoms with van der Waals surface area (Å²) in [5.41, 5.74) is 1.16. The first kappa shape index (κ1) is 15.9. The van der Waals surface area contributed by atoms with Crippen LogP contribution in [0.25, 0.3) is 0 Å². The van der Waals surface area contributed by atoms with E-state index in [0.717, 1.165) is 55.5 Å². The highest BCUT2D eigenvalue weighted by atomic mass is 79.9. The molecule has 2 nitrogen and oxygen atoms in total. The van der Waals surface area contributed by atoms with Crippen molar-refractivity contribution in [3.8, 4) is 0 Å². The van der Waals surface area contributed by atoms with Crippen molar-refractivity contribution in [2.45, 2.75) is 38.6 Å². The molecule has 4 heteroatoms. The second-order valence-electron chi connectivity index (χ2n) is 5.46. The summed E-state index contributed by atoms with van der Waals surface area (Å²) < 4.78 is 19.5. The smallest absolute Gasteiger partial charge is 0.124 e. The number of benzene rings is 1. The third-order valence-electron chi connectivity index (χ3n) is 3.89. The fraction of sp³-hybridized carbons (Fsp3) is 0.625. The first-order valence-electron chi connectivity index (χ1n) is 7.46. The molecule has 0 radical (unpaired) electrons. The van der Waals surface area contributed by atoms with Crippen LogP contribution >= 0.6 is 15.9 Å². The first-order valence-corrected chi connectivity index (χ1v) is 8.26. The number of hydrogen-bond acceptors (Lipinski definition) is 2. The average molecular weight is 344 g/mol. The Hall–Kier alpha value is -0.450. The van der Waals surface area contributed by atoms with E-state index in [4.69, 9.17) is 4.74 Å². The van der Waals surface area contributed by atoms with E-state index in [2.05, 4.69) is 28.2 Å². The molecule has 1 saturated heterocycles. The van der Waals surface area contributed by atoms with Gasteiger partial charge in [-0.1, -0.05) is 28.9 Å². The van der Waals surface area contributed by atoms with Crippen LogP contribution in [-0.2, 0) is 4.74 Å². The number of rotatable bonds is 6. The molecule has 1 N–H and O–H groups in total. The summed E-state index contributed by atoms with van der Waals surface area (Å²) in [6.45, 7) is 4.89. The van der Waals surface area contributed by atoms with Crippen LogP contribution in [0.2, 0.25) is 0 Å². The van der Waals surface area contributed by atoms with E-state index >= 15 is 0 Å². The van der Waals surface area contributed by atoms with E-state index < -0.39 is 0 Å². The highest BCUT2D eigenvalue weighted by Gasteiger charge is 2.21. The quantitative estimate of drug-likeness (QED) is 0.823. The molecule has 1 heterocycles. The van der Waals surface area contributed by atoms with Crippen molar-refractivity contribution in [3.05, 3.63) is 34.1 Å². The fourth-order valence-corrected chi connectivity index (χ4v) is 3.37. The molecule has 1 fully saturated rings. The Morgan fingerprint density at radius 3 is 2.80 bits per heavy atom. The maximum Gasteiger partial charge on any atom is 0.124 e. The van der Waals surface area contributed by atoms with E-state index in [1.165, 1.54) is 0 Å². The van der Waals surface area contributed by atoms with Gasteiger partial charge in [0, 0.05) is 23.7 Å². The second-order valence-corrected chi connectivity index (χ2v) is 6.32. The normalized spacial score (nSPS) is 18.1. The minimum atomic E-state index is -0.194. The third kappa shape index (κ3) is 4.54. The molecule has 2 rings (SSSR count). The maximum absolute atomic E-state index is 13.3. The van der Waals surface area contributed by atoms with Crippen LogP contribution in [0.15, 0.2) is 22.7 Å². The van der Waals surface area contributed by atoms with Crippen molar-refractivity contribution in [2.75, 3.05) is 19.8 Å². The zero-order chi connectivity index (χ0) is 14.4. The molecule has 0 saturated carbocycles. The molecule has 1 aliphatic rings. The minimum Gasteiger partial charge on any atom is -0.381 e. The Balaban J connectivity index is 2.08. The van der Waals surface area contributed by atoms with E-state index in [1.54, 1.807) is 12.1 Å². The van der Waals surface area contributed by atoms with Crippen molar-refractivity contribution in [1.82, 2.24) is 5.32 Å². The molecule has 0 bridgehead atoms. The molecule has 0 aromatic heterocycles. The SMILES string of the molecule is CCCNC(CC1CCOCC1)c1ccc(F)cc1Br. The number of hydrogen-bond donors (Lipinski definition) is 1. The Labute approximate surface area is 129 Å². The topological polar surface area (TPSA) is 21.3 Å². The van der Waals surface area contributed by atoms with Crippen molar-refractivity contribution in [3.63, 3.8) is 0 Å². The lowest BCUT2D eigenvalue weighted by Crippen LogP contribution is -2.27. The second kappa shape index (κ2) is 8.11. The lowest BCUT2D eigenvalue weighted by Gasteiger charge is -2.28. The van der Waals surface area contributed by atoms with Gasteiger partial charge in [-0.15, -0.1) is 0 Å². The van der Waals surface area contributed by atoms with Crippen LogP contribution in [0, 0.1) is 11.7 Å². The van der Waals surface area contributed by atoms with Crippen LogP contribution in [0.5, 0.6) is 0 Å². The molecule has 1 atom stereocenters. The van der Waals surface area contributed by atoms with Gasteiger partial charge in [-0.2, -0.15) is 0 Å². The fourth-order valence-electron chi connectivity index (χ4n) is 2.74. The zero-order valence-electron chi connectivity index (χ0n) is 12.0. The third-order valence-corrected chi connectivity index (χ3v) is 4.58. The summed E-state index contributed by atoms with van der Waals surface area (Å²) in [6, 6.07) is 5.28. The van der Waals surface area contributed by atoms with Crippen molar-refractivity contribution >= 4 is 15.9 Å². The van der Waals surface area contributed by atoms with Crippen LogP contribution in [0.1, 0.15) is 44.2 Å². The monoisotopic (exact) mass is 343 g/mol. The van der Waals surface area contributed by atoms with Gasteiger partial charge in [0.1, 0.15) is 5.82 Å². The Morgan fingerprint density at radius 2 is 2.15 bits per heavy atom. The van der Waals surface area contributed by atoms with Gasteiger partial charge in [0.15, 0.2) is 0 Å². The Morgan fingerprint density at radius 1 is 1.40 bits per heavy atom. The van der Waals surface area contributed by atoms with E-state index in [1.807, 2.05) is 6.07 Å². The van der Waals surface area contributed by atoms with Gasteiger partial charge in [0.2, 0.25) is 0 Å². The van der Waals surface area contributed by atoms with Gasteiger partial charge in [-0.25, -0.2) is 4.39 Å². The molecule has 112 valence electrons. The highest BCUT2D eigenvalue weighted by molar-refractivity contribution is 9.10. The first-order chi connectivity index (χ1) is 9.70. The highest BCUT2D eigenvalue weighted by Crippen LogP contribution is 2.32. The number of halogens is 2. The summed E-state index contributed by atoms with van der Waals surface area (Å²) in [5, 5.41) is 3.60. The molecule has 1 aliphatic heterocycles. The van der Waals surface area contributed by atoms with Gasteiger partial charge in [-0.3, -0.25) is 0 Å². The molecule has 0 spiro atoms. The Bertz CT molecular complexity index is 421. The van der Waals surface area contributed by atoms with Crippen molar-refractivity contribution < 1.29 is 9.13 Å². The van der Waals surface area contributed by atoms with Crippen LogP contribution in [0.4, 0.5) is 4.39 Å². The van der Waals surface area contributed by atoms with Crippen molar-refractivity contribution in [2.24, 2.45) is 5.92 Å². The van der Waals surface area contributed by atoms with Crippen LogP contribution < -0.4 is 5.32 Å². The summed E-state index contributed by atoms with van der Waals surface area (Å²) in [5.74, 6) is 0.496. The summed E-state index contributed by atoms with van der Waals surface area (Å²) in [4.78, 5) is 0. The minimum absolute atomic E-state index is 0.194. The molecule has 20 heavy (non-hydrogen) atoms. The van der Waals surface area contributed by atoms with Crippen LogP contribution in [0.3, 0.4) is 0 Å². The average Bonchev–Trinajstić information content (AvgIpc) is 2.45. The van der Waals surface area contributed by atoms with E-state index in [9.17, 15) is 4.39 Å². The standard InChI is InChI=1S/C16H23BrFNO/c1-2-7-19-16(10-12-5-8-20-9-6-12)14-4-3-13(18)11-15(14)17/h3-4,11-12,16,19H,2,5-10H2,1H3. The van der Waals surface area contributed by atoms with Crippen molar-refractivity contribution in [1.29, 1.82) is 0 Å². The predicted octanol–water partition coefficient (Wildman–Crippen LogP) is 4.45. The predicted molar refractivity (Wildman–Crippen MR) is 83.3 cm³/mol. The summed E-state index contributed by atoms with van der Waals surface area (Å²) in [7, 11) is 0. The molecule has 1 aromatic carbocycles. The van der Waals surface area contributed by atoms with Gasteiger partial charge < -0.3 is 10.1 Å². The number of nitrogens with one attached hydrogen (secondary N) is 1. The van der Waals surface area contributed by atoms with Gasteiger partial charge >= 0.3 is 0 Å². The van der Waals surface area contributed by atoms with Gasteiger partial charge in [0.05, 0.1) is 0 Å². The lowest BCUT2D eigenvalue weighted by atomic mass is 9.89. The summed E-state index contributed by atoms with van der Waals surface area (Å²) >= 11 is 3.50. The maximum atomic E-state index is 13.3. The molecule has 1 unspecified atom stereocenters. The molecular formula is C16H23BrFNO. The Kier molecular flexibility index (Phi) is 6.46. The summed E-state index contributed by atoms with van der Waals surface area (Å²) in [6.07, 6.45) is 4.45. The molecular weight excluding hydrogens is 321 g/mol. The zero-order valence-corrected chi connectivity index (χ0v) is 13.6. The largest absolute Gasteiger partial charge is 0.381 e. The number of ether oxygens (including phenoxy) is 1. The van der Waals surface area contributed by atoms with E-state index in [-0.39, 0.29) is 11.9 Å². The van der Waals surface area contributed by atoms with Gasteiger partial charge in [-0.05, 0) is 55.8 Å².